The molecule has 0 radical (unpaired) electrons. The summed E-state index contributed by atoms with van der Waals surface area (Å²) in [6, 6.07) is -1.51. The maximum atomic E-state index is 11.5. The van der Waals surface area contributed by atoms with Crippen LogP contribution in [-0.4, -0.2) is 32.9 Å². The van der Waals surface area contributed by atoms with Gasteiger partial charge in [-0.15, -0.1) is 0 Å². The molecular weight excluding hydrogens is 272 g/mol. The van der Waals surface area contributed by atoms with Gasteiger partial charge in [0.2, 0.25) is 0 Å². The van der Waals surface area contributed by atoms with E-state index in [0.29, 0.717) is 23.0 Å². The molecule has 1 atom stereocenters. The number of carboxylic acid groups (broad SMARTS) is 1. The molecule has 0 aliphatic heterocycles. The summed E-state index contributed by atoms with van der Waals surface area (Å²) in [5.74, 6) is -1.09. The van der Waals surface area contributed by atoms with Crippen molar-refractivity contribution >= 4 is 23.6 Å². The van der Waals surface area contributed by atoms with E-state index in [4.69, 9.17) is 16.7 Å². The molecule has 1 rings (SSSR count). The summed E-state index contributed by atoms with van der Waals surface area (Å²) in [7, 11) is 0. The predicted octanol–water partition coefficient (Wildman–Crippen LogP) is 1.14. The van der Waals surface area contributed by atoms with Gasteiger partial charge in [0.25, 0.3) is 0 Å². The lowest BCUT2D eigenvalue weighted by atomic mass is 10.3. The zero-order valence-corrected chi connectivity index (χ0v) is 11.8. The lowest BCUT2D eigenvalue weighted by Crippen LogP contribution is -2.44. The van der Waals surface area contributed by atoms with Crippen molar-refractivity contribution in [2.45, 2.75) is 39.9 Å². The number of rotatable bonds is 5. The van der Waals surface area contributed by atoms with Crippen molar-refractivity contribution in [3.05, 3.63) is 16.4 Å². The Morgan fingerprint density at radius 3 is 2.68 bits per heavy atom. The van der Waals surface area contributed by atoms with Crippen LogP contribution in [-0.2, 0) is 17.9 Å². The Hall–Kier alpha value is -1.76. The molecule has 0 saturated heterocycles. The second-order valence-corrected chi connectivity index (χ2v) is 4.43. The summed E-state index contributed by atoms with van der Waals surface area (Å²) in [6.45, 7) is 5.90. The van der Waals surface area contributed by atoms with Gasteiger partial charge in [-0.05, 0) is 20.8 Å². The first-order valence-corrected chi connectivity index (χ1v) is 6.23. The second-order valence-electron chi connectivity index (χ2n) is 4.05. The number of nitrogens with zero attached hydrogens (tertiary/aromatic N) is 2. The van der Waals surface area contributed by atoms with Gasteiger partial charge in [-0.3, -0.25) is 9.48 Å². The quantitative estimate of drug-likeness (QED) is 0.757. The fraction of sp³-hybridized carbons (Fsp3) is 0.545. The molecule has 3 N–H and O–H groups in total. The van der Waals surface area contributed by atoms with Crippen molar-refractivity contribution in [2.75, 3.05) is 0 Å². The Morgan fingerprint density at radius 2 is 2.16 bits per heavy atom. The highest BCUT2D eigenvalue weighted by atomic mass is 35.5. The van der Waals surface area contributed by atoms with E-state index in [1.165, 1.54) is 6.92 Å². The Bertz CT molecular complexity index is 487. The number of carbonyl (C=O) groups excluding carboxylic acids is 1. The molecule has 8 heteroatoms. The number of aliphatic carboxylic acids is 1. The Morgan fingerprint density at radius 1 is 1.53 bits per heavy atom. The maximum Gasteiger partial charge on any atom is 0.325 e. The molecule has 1 aromatic heterocycles. The van der Waals surface area contributed by atoms with E-state index in [0.717, 1.165) is 0 Å². The number of aryl methyl sites for hydroxylation is 2. The molecule has 0 bridgehead atoms. The first kappa shape index (κ1) is 15.3. The number of nitrogens with one attached hydrogen (secondary N) is 2. The fourth-order valence-corrected chi connectivity index (χ4v) is 1.71. The minimum absolute atomic E-state index is 0.186. The van der Waals surface area contributed by atoms with E-state index < -0.39 is 18.0 Å². The number of urea groups is 1. The average Bonchev–Trinajstić information content (AvgIpc) is 2.62. The van der Waals surface area contributed by atoms with Crippen LogP contribution >= 0.6 is 11.6 Å². The van der Waals surface area contributed by atoms with Gasteiger partial charge in [-0.2, -0.15) is 5.10 Å². The number of amides is 2. The van der Waals surface area contributed by atoms with Gasteiger partial charge in [0.15, 0.2) is 0 Å². The fourth-order valence-electron chi connectivity index (χ4n) is 1.51. The van der Waals surface area contributed by atoms with E-state index in [-0.39, 0.29) is 6.54 Å². The molecular formula is C11H17ClN4O3. The van der Waals surface area contributed by atoms with Crippen LogP contribution < -0.4 is 10.6 Å². The zero-order valence-electron chi connectivity index (χ0n) is 11.0. The predicted molar refractivity (Wildman–Crippen MR) is 70.1 cm³/mol. The molecule has 1 heterocycles. The van der Waals surface area contributed by atoms with Crippen LogP contribution in [0.3, 0.4) is 0 Å². The molecule has 0 saturated carbocycles. The molecule has 0 aliphatic carbocycles. The third-order valence-corrected chi connectivity index (χ3v) is 3.08. The summed E-state index contributed by atoms with van der Waals surface area (Å²) in [5.41, 5.74) is 1.39. The van der Waals surface area contributed by atoms with Crippen LogP contribution in [0.5, 0.6) is 0 Å². The van der Waals surface area contributed by atoms with E-state index in [2.05, 4.69) is 15.7 Å². The van der Waals surface area contributed by atoms with Crippen LogP contribution in [0, 0.1) is 6.92 Å². The van der Waals surface area contributed by atoms with Gasteiger partial charge >= 0.3 is 12.0 Å². The highest BCUT2D eigenvalue weighted by Gasteiger charge is 2.16. The summed E-state index contributed by atoms with van der Waals surface area (Å²) in [5, 5.41) is 18.2. The van der Waals surface area contributed by atoms with Gasteiger partial charge in [0.05, 0.1) is 23.0 Å². The number of carbonyl (C=O) groups is 2. The van der Waals surface area contributed by atoms with Crippen molar-refractivity contribution in [1.82, 2.24) is 20.4 Å². The molecule has 1 aromatic rings. The van der Waals surface area contributed by atoms with Crippen LogP contribution in [0.25, 0.3) is 0 Å². The zero-order chi connectivity index (χ0) is 14.6. The molecule has 0 aliphatic rings. The van der Waals surface area contributed by atoms with Crippen molar-refractivity contribution < 1.29 is 14.7 Å². The molecule has 106 valence electrons. The van der Waals surface area contributed by atoms with Gasteiger partial charge in [0, 0.05) is 6.54 Å². The number of aromatic nitrogens is 2. The number of carboxylic acids is 1. The molecule has 19 heavy (non-hydrogen) atoms. The summed E-state index contributed by atoms with van der Waals surface area (Å²) >= 11 is 6.08. The lowest BCUT2D eigenvalue weighted by Gasteiger charge is -2.11. The van der Waals surface area contributed by atoms with Crippen molar-refractivity contribution in [2.24, 2.45) is 0 Å². The van der Waals surface area contributed by atoms with Gasteiger partial charge in [-0.1, -0.05) is 11.6 Å². The highest BCUT2D eigenvalue weighted by Crippen LogP contribution is 2.19. The average molecular weight is 289 g/mol. The largest absolute Gasteiger partial charge is 0.480 e. The van der Waals surface area contributed by atoms with Crippen LogP contribution in [0.15, 0.2) is 0 Å². The van der Waals surface area contributed by atoms with E-state index >= 15 is 0 Å². The minimum Gasteiger partial charge on any atom is -0.480 e. The normalized spacial score (nSPS) is 12.0. The monoisotopic (exact) mass is 288 g/mol. The first-order chi connectivity index (χ1) is 8.86. The SMILES string of the molecule is CCn1nc(C)c(Cl)c1CNC(=O)NC(C)C(=O)O. The van der Waals surface area contributed by atoms with Crippen molar-refractivity contribution in [1.29, 1.82) is 0 Å². The number of hydrogen-bond donors (Lipinski definition) is 3. The second kappa shape index (κ2) is 6.42. The third-order valence-electron chi connectivity index (χ3n) is 2.59. The summed E-state index contributed by atoms with van der Waals surface area (Å²) in [4.78, 5) is 22.1. The molecule has 0 spiro atoms. The van der Waals surface area contributed by atoms with Crippen LogP contribution in [0.1, 0.15) is 25.2 Å². The van der Waals surface area contributed by atoms with Crippen molar-refractivity contribution in [3.8, 4) is 0 Å². The topological polar surface area (TPSA) is 96.3 Å². The molecule has 0 aromatic carbocycles. The Labute approximate surface area is 115 Å². The van der Waals surface area contributed by atoms with Gasteiger partial charge in [0.1, 0.15) is 6.04 Å². The maximum absolute atomic E-state index is 11.5. The first-order valence-electron chi connectivity index (χ1n) is 5.85. The highest BCUT2D eigenvalue weighted by molar-refractivity contribution is 6.31. The lowest BCUT2D eigenvalue weighted by molar-refractivity contribution is -0.138. The minimum atomic E-state index is -1.09. The van der Waals surface area contributed by atoms with Gasteiger partial charge in [-0.25, -0.2) is 4.79 Å². The van der Waals surface area contributed by atoms with E-state index in [9.17, 15) is 9.59 Å². The smallest absolute Gasteiger partial charge is 0.325 e. The summed E-state index contributed by atoms with van der Waals surface area (Å²) in [6.07, 6.45) is 0. The Kier molecular flexibility index (Phi) is 5.17. The van der Waals surface area contributed by atoms with Crippen LogP contribution in [0.4, 0.5) is 4.79 Å². The van der Waals surface area contributed by atoms with Gasteiger partial charge < -0.3 is 15.7 Å². The molecule has 0 fully saturated rings. The standard InChI is InChI=1S/C11H17ClN4O3/c1-4-16-8(9(12)6(2)15-16)5-13-11(19)14-7(3)10(17)18/h7H,4-5H2,1-3H3,(H,17,18)(H2,13,14,19). The Balaban J connectivity index is 2.62. The van der Waals surface area contributed by atoms with Crippen molar-refractivity contribution in [3.63, 3.8) is 0 Å². The van der Waals surface area contributed by atoms with Crippen LogP contribution in [0.2, 0.25) is 5.02 Å². The van der Waals surface area contributed by atoms with E-state index in [1.54, 1.807) is 11.6 Å². The molecule has 2 amide bonds. The molecule has 7 nitrogen and oxygen atoms in total. The number of hydrogen-bond acceptors (Lipinski definition) is 3. The molecule has 1 unspecified atom stereocenters. The third kappa shape index (κ3) is 3.85. The van der Waals surface area contributed by atoms with E-state index in [1.807, 2.05) is 6.92 Å². The summed E-state index contributed by atoms with van der Waals surface area (Å²) < 4.78 is 1.69. The number of halogens is 1.